The maximum Gasteiger partial charge on any atom is 0.223 e. The van der Waals surface area contributed by atoms with E-state index in [4.69, 9.17) is 20.2 Å². The molecule has 2 fully saturated rings. The minimum absolute atomic E-state index is 0.336. The molecule has 1 aliphatic carbocycles. The number of nitrogens with one attached hydrogen (secondary N) is 1. The molecule has 9 heteroatoms. The molecular formula is C27H31N7O2. The van der Waals surface area contributed by atoms with Gasteiger partial charge in [-0.15, -0.1) is 0 Å². The third kappa shape index (κ3) is 4.40. The Morgan fingerprint density at radius 2 is 1.83 bits per heavy atom. The summed E-state index contributed by atoms with van der Waals surface area (Å²) in [6.45, 7) is 3.15. The number of rotatable bonds is 5. The predicted molar refractivity (Wildman–Crippen MR) is 142 cm³/mol. The Kier molecular flexibility index (Phi) is 6.25. The van der Waals surface area contributed by atoms with Gasteiger partial charge in [-0.3, -0.25) is 0 Å². The van der Waals surface area contributed by atoms with Crippen molar-refractivity contribution in [3.63, 3.8) is 0 Å². The van der Waals surface area contributed by atoms with E-state index in [1.807, 2.05) is 18.5 Å². The predicted octanol–water partition coefficient (Wildman–Crippen LogP) is 4.03. The highest BCUT2D eigenvalue weighted by Gasteiger charge is 2.22. The second kappa shape index (κ2) is 9.83. The number of nitrogens with zero attached hydrogens (tertiary/aromatic N) is 5. The Balaban J connectivity index is 1.35. The van der Waals surface area contributed by atoms with Gasteiger partial charge in [0.25, 0.3) is 0 Å². The van der Waals surface area contributed by atoms with E-state index in [0.717, 1.165) is 90.6 Å². The highest BCUT2D eigenvalue weighted by atomic mass is 16.5. The molecule has 36 heavy (non-hydrogen) atoms. The molecule has 1 aromatic carbocycles. The van der Waals surface area contributed by atoms with Crippen LogP contribution in [0.25, 0.3) is 32.8 Å². The summed E-state index contributed by atoms with van der Waals surface area (Å²) in [6, 6.07) is 8.81. The zero-order valence-corrected chi connectivity index (χ0v) is 20.5. The molecule has 0 unspecified atom stereocenters. The Hall–Kier alpha value is -3.56. The number of nitrogen functional groups attached to an aromatic ring is 1. The zero-order chi connectivity index (χ0) is 24.5. The summed E-state index contributed by atoms with van der Waals surface area (Å²) >= 11 is 0. The highest BCUT2D eigenvalue weighted by Crippen LogP contribution is 2.34. The number of hydrogen-bond acceptors (Lipinski definition) is 9. The third-order valence-electron chi connectivity index (χ3n) is 7.36. The van der Waals surface area contributed by atoms with Crippen LogP contribution in [0.3, 0.4) is 0 Å². The lowest BCUT2D eigenvalue weighted by Gasteiger charge is -2.28. The summed E-state index contributed by atoms with van der Waals surface area (Å²) in [5.74, 6) is 2.05. The van der Waals surface area contributed by atoms with Gasteiger partial charge in [0.2, 0.25) is 5.95 Å². The van der Waals surface area contributed by atoms with Crippen molar-refractivity contribution in [3.05, 3.63) is 42.9 Å². The lowest BCUT2D eigenvalue weighted by atomic mass is 9.93. The fourth-order valence-electron chi connectivity index (χ4n) is 5.30. The maximum atomic E-state index is 6.21. The molecule has 0 spiro atoms. The summed E-state index contributed by atoms with van der Waals surface area (Å²) in [5.41, 5.74) is 8.97. The quantitative estimate of drug-likeness (QED) is 0.433. The van der Waals surface area contributed by atoms with Crippen LogP contribution in [0.15, 0.2) is 42.9 Å². The number of ether oxygens (including phenoxy) is 2. The van der Waals surface area contributed by atoms with Gasteiger partial charge in [-0.1, -0.05) is 12.1 Å². The van der Waals surface area contributed by atoms with E-state index in [9.17, 15) is 0 Å². The van der Waals surface area contributed by atoms with Crippen molar-refractivity contribution < 1.29 is 9.47 Å². The van der Waals surface area contributed by atoms with Gasteiger partial charge in [-0.05, 0) is 48.8 Å². The van der Waals surface area contributed by atoms with Crippen LogP contribution in [0.5, 0.6) is 0 Å². The molecule has 1 saturated carbocycles. The molecule has 0 amide bonds. The van der Waals surface area contributed by atoms with Gasteiger partial charge in [0.15, 0.2) is 0 Å². The second-order valence-corrected chi connectivity index (χ2v) is 9.54. The van der Waals surface area contributed by atoms with Crippen molar-refractivity contribution in [2.45, 2.75) is 37.8 Å². The first-order valence-electron chi connectivity index (χ1n) is 12.6. The van der Waals surface area contributed by atoms with Crippen molar-refractivity contribution in [1.29, 1.82) is 0 Å². The lowest BCUT2D eigenvalue weighted by molar-refractivity contribution is 0.0681. The summed E-state index contributed by atoms with van der Waals surface area (Å²) in [4.78, 5) is 20.9. The topological polar surface area (TPSA) is 111 Å². The first-order chi connectivity index (χ1) is 17.7. The number of nitrogens with two attached hydrogens (primary N) is 1. The van der Waals surface area contributed by atoms with Gasteiger partial charge < -0.3 is 25.4 Å². The number of hydrogen-bond donors (Lipinski definition) is 2. The molecule has 3 aromatic heterocycles. The lowest BCUT2D eigenvalue weighted by Crippen LogP contribution is -2.36. The molecule has 6 rings (SSSR count). The minimum Gasteiger partial charge on any atom is -0.383 e. The van der Waals surface area contributed by atoms with Gasteiger partial charge in [0.05, 0.1) is 30.2 Å². The van der Waals surface area contributed by atoms with Crippen molar-refractivity contribution in [1.82, 2.24) is 19.9 Å². The van der Waals surface area contributed by atoms with Gasteiger partial charge in [0, 0.05) is 55.8 Å². The van der Waals surface area contributed by atoms with E-state index in [1.54, 1.807) is 13.3 Å². The molecular weight excluding hydrogens is 454 g/mol. The number of benzene rings is 1. The van der Waals surface area contributed by atoms with Gasteiger partial charge in [-0.25, -0.2) is 19.9 Å². The Morgan fingerprint density at radius 1 is 1.00 bits per heavy atom. The smallest absolute Gasteiger partial charge is 0.223 e. The molecule has 4 heterocycles. The van der Waals surface area contributed by atoms with E-state index in [0.29, 0.717) is 23.9 Å². The molecule has 2 aliphatic rings. The molecule has 0 radical (unpaired) electrons. The third-order valence-corrected chi connectivity index (χ3v) is 7.36. The number of methoxy groups -OCH3 is 1. The number of anilines is 3. The van der Waals surface area contributed by atoms with Crippen molar-refractivity contribution in [2.75, 3.05) is 49.4 Å². The minimum atomic E-state index is 0.336. The highest BCUT2D eigenvalue weighted by molar-refractivity contribution is 6.01. The monoisotopic (exact) mass is 485 g/mol. The molecule has 1 saturated heterocycles. The summed E-state index contributed by atoms with van der Waals surface area (Å²) in [7, 11) is 1.79. The largest absolute Gasteiger partial charge is 0.383 e. The summed E-state index contributed by atoms with van der Waals surface area (Å²) in [6.07, 6.45) is 9.97. The van der Waals surface area contributed by atoms with Crippen LogP contribution in [0.4, 0.5) is 17.6 Å². The van der Waals surface area contributed by atoms with E-state index >= 15 is 0 Å². The van der Waals surface area contributed by atoms with Crippen LogP contribution < -0.4 is 16.0 Å². The molecule has 4 aromatic rings. The van der Waals surface area contributed by atoms with E-state index in [-0.39, 0.29) is 0 Å². The van der Waals surface area contributed by atoms with Gasteiger partial charge in [0.1, 0.15) is 11.6 Å². The van der Waals surface area contributed by atoms with Crippen molar-refractivity contribution in [3.8, 4) is 11.1 Å². The van der Waals surface area contributed by atoms with Crippen LogP contribution in [-0.4, -0.2) is 65.5 Å². The van der Waals surface area contributed by atoms with E-state index in [2.05, 4.69) is 43.4 Å². The number of fused-ring (bicyclic) bond motifs is 2. The van der Waals surface area contributed by atoms with Crippen molar-refractivity contribution >= 4 is 39.3 Å². The fraction of sp³-hybridized carbons (Fsp3) is 0.407. The van der Waals surface area contributed by atoms with Gasteiger partial charge in [-0.2, -0.15) is 0 Å². The van der Waals surface area contributed by atoms with Crippen LogP contribution >= 0.6 is 0 Å². The molecule has 1 aliphatic heterocycles. The number of morpholine rings is 1. The maximum absolute atomic E-state index is 6.21. The van der Waals surface area contributed by atoms with Gasteiger partial charge >= 0.3 is 0 Å². The average Bonchev–Trinajstić information content (AvgIpc) is 2.93. The normalized spacial score (nSPS) is 20.6. The van der Waals surface area contributed by atoms with Crippen molar-refractivity contribution in [2.24, 2.45) is 0 Å². The molecule has 9 nitrogen and oxygen atoms in total. The van der Waals surface area contributed by atoms with Crippen LogP contribution in [0.2, 0.25) is 0 Å². The first kappa shape index (κ1) is 22.9. The Labute approximate surface area is 210 Å². The summed E-state index contributed by atoms with van der Waals surface area (Å²) in [5, 5.41) is 6.53. The summed E-state index contributed by atoms with van der Waals surface area (Å²) < 4.78 is 11.0. The Morgan fingerprint density at radius 3 is 2.64 bits per heavy atom. The number of aromatic nitrogens is 4. The SMILES string of the molecule is CO[C@H]1CC[C@H](Nc2ncc3c(N)ncc(-c4ccc5c(N6CCOCC6)nccc5c4)c3n2)CC1. The van der Waals surface area contributed by atoms with E-state index in [1.165, 1.54) is 0 Å². The second-order valence-electron chi connectivity index (χ2n) is 9.54. The molecule has 0 bridgehead atoms. The molecule has 186 valence electrons. The van der Waals surface area contributed by atoms with Crippen LogP contribution in [-0.2, 0) is 9.47 Å². The fourth-order valence-corrected chi connectivity index (χ4v) is 5.30. The molecule has 0 atom stereocenters. The molecule has 3 N–H and O–H groups in total. The standard InChI is InChI=1S/C27H31N7O2/c1-35-20-5-3-19(4-6-20)32-27-31-16-23-24(33-27)22(15-30-25(23)28)17-2-7-21-18(14-17)8-9-29-26(21)34-10-12-36-13-11-34/h2,7-9,14-16,19-20H,3-6,10-13H2,1H3,(H2,28,30)(H,31,32,33)/t19-,20-. The zero-order valence-electron chi connectivity index (χ0n) is 20.5. The van der Waals surface area contributed by atoms with Crippen LogP contribution in [0.1, 0.15) is 25.7 Å². The average molecular weight is 486 g/mol. The Bertz CT molecular complexity index is 1380. The number of pyridine rings is 2. The van der Waals surface area contributed by atoms with Crippen LogP contribution in [0, 0.1) is 0 Å². The first-order valence-corrected chi connectivity index (χ1v) is 12.6. The van der Waals surface area contributed by atoms with E-state index < -0.39 is 0 Å².